The highest BCUT2D eigenvalue weighted by atomic mass is 35.5. The van der Waals surface area contributed by atoms with Gasteiger partial charge in [-0.2, -0.15) is 4.98 Å². The van der Waals surface area contributed by atoms with Crippen molar-refractivity contribution < 1.29 is 4.52 Å². The van der Waals surface area contributed by atoms with Gasteiger partial charge >= 0.3 is 0 Å². The first-order valence-electron chi connectivity index (χ1n) is 5.98. The van der Waals surface area contributed by atoms with Gasteiger partial charge in [0.1, 0.15) is 0 Å². The first-order chi connectivity index (χ1) is 8.92. The molecule has 102 valence electrons. The van der Waals surface area contributed by atoms with Crippen LogP contribution in [-0.2, 0) is 12.0 Å². The van der Waals surface area contributed by atoms with Gasteiger partial charge in [-0.15, -0.1) is 0 Å². The molecule has 1 aromatic heterocycles. The fourth-order valence-electron chi connectivity index (χ4n) is 1.54. The molecule has 0 bridgehead atoms. The van der Waals surface area contributed by atoms with Crippen molar-refractivity contribution in [2.75, 3.05) is 0 Å². The SMILES string of the molecule is CCC(C)(N)c1noc(Cc2ccc(Cl)c(Cl)c2)n1. The summed E-state index contributed by atoms with van der Waals surface area (Å²) in [5.41, 5.74) is 6.45. The summed E-state index contributed by atoms with van der Waals surface area (Å²) < 4.78 is 5.21. The predicted octanol–water partition coefficient (Wildman–Crippen LogP) is 3.55. The van der Waals surface area contributed by atoms with Crippen LogP contribution in [-0.4, -0.2) is 10.1 Å². The number of halogens is 2. The van der Waals surface area contributed by atoms with Crippen molar-refractivity contribution in [2.24, 2.45) is 5.73 Å². The third-order valence-electron chi connectivity index (χ3n) is 3.05. The van der Waals surface area contributed by atoms with E-state index in [1.165, 1.54) is 0 Å². The fraction of sp³-hybridized carbons (Fsp3) is 0.385. The zero-order valence-corrected chi connectivity index (χ0v) is 12.3. The first kappa shape index (κ1) is 14.3. The molecule has 1 aromatic carbocycles. The Morgan fingerprint density at radius 1 is 1.32 bits per heavy atom. The molecule has 0 spiro atoms. The average molecular weight is 300 g/mol. The van der Waals surface area contributed by atoms with Gasteiger partial charge in [-0.05, 0) is 31.0 Å². The zero-order chi connectivity index (χ0) is 14.0. The summed E-state index contributed by atoms with van der Waals surface area (Å²) >= 11 is 11.8. The molecule has 0 amide bonds. The van der Waals surface area contributed by atoms with E-state index in [9.17, 15) is 0 Å². The number of benzene rings is 1. The number of nitrogens with zero attached hydrogens (tertiary/aromatic N) is 2. The number of hydrogen-bond acceptors (Lipinski definition) is 4. The van der Waals surface area contributed by atoms with E-state index in [-0.39, 0.29) is 0 Å². The Balaban J connectivity index is 2.18. The predicted molar refractivity (Wildman–Crippen MR) is 75.4 cm³/mol. The third-order valence-corrected chi connectivity index (χ3v) is 3.79. The fourth-order valence-corrected chi connectivity index (χ4v) is 1.86. The van der Waals surface area contributed by atoms with Gasteiger partial charge in [0.05, 0.1) is 22.0 Å². The summed E-state index contributed by atoms with van der Waals surface area (Å²) in [7, 11) is 0. The molecule has 0 saturated heterocycles. The lowest BCUT2D eigenvalue weighted by Gasteiger charge is -2.16. The molecule has 0 aliphatic heterocycles. The number of nitrogens with two attached hydrogens (primary N) is 1. The summed E-state index contributed by atoms with van der Waals surface area (Å²) in [5.74, 6) is 1.03. The van der Waals surface area contributed by atoms with Crippen molar-refractivity contribution in [1.82, 2.24) is 10.1 Å². The van der Waals surface area contributed by atoms with Gasteiger partial charge in [0.25, 0.3) is 0 Å². The quantitative estimate of drug-likeness (QED) is 0.937. The van der Waals surface area contributed by atoms with Crippen molar-refractivity contribution in [3.05, 3.63) is 45.5 Å². The summed E-state index contributed by atoms with van der Waals surface area (Å²) in [6.45, 7) is 3.86. The smallest absolute Gasteiger partial charge is 0.231 e. The first-order valence-corrected chi connectivity index (χ1v) is 6.74. The minimum absolute atomic E-state index is 0.504. The molecule has 1 heterocycles. The third kappa shape index (κ3) is 3.26. The Hall–Kier alpha value is -1.10. The second kappa shape index (κ2) is 5.49. The highest BCUT2D eigenvalue weighted by Gasteiger charge is 2.25. The second-order valence-corrected chi connectivity index (χ2v) is 5.52. The lowest BCUT2D eigenvalue weighted by atomic mass is 10.00. The highest BCUT2D eigenvalue weighted by Crippen LogP contribution is 2.24. The van der Waals surface area contributed by atoms with Crippen LogP contribution in [0.15, 0.2) is 22.7 Å². The standard InChI is InChI=1S/C13H15Cl2N3O/c1-3-13(2,16)12-17-11(19-18-12)7-8-4-5-9(14)10(15)6-8/h4-6H,3,7,16H2,1-2H3. The van der Waals surface area contributed by atoms with Crippen LogP contribution in [0.1, 0.15) is 37.5 Å². The molecule has 0 saturated carbocycles. The van der Waals surface area contributed by atoms with Crippen molar-refractivity contribution in [1.29, 1.82) is 0 Å². The minimum atomic E-state index is -0.570. The minimum Gasteiger partial charge on any atom is -0.339 e. The lowest BCUT2D eigenvalue weighted by Crippen LogP contribution is -2.33. The van der Waals surface area contributed by atoms with Crippen LogP contribution in [0.5, 0.6) is 0 Å². The van der Waals surface area contributed by atoms with Crippen LogP contribution < -0.4 is 5.73 Å². The normalized spacial score (nSPS) is 14.4. The maximum absolute atomic E-state index is 6.06. The maximum atomic E-state index is 6.06. The molecule has 1 atom stereocenters. The van der Waals surface area contributed by atoms with Gasteiger partial charge in [-0.1, -0.05) is 41.3 Å². The van der Waals surface area contributed by atoms with Crippen LogP contribution in [0.25, 0.3) is 0 Å². The maximum Gasteiger partial charge on any atom is 0.231 e. The molecule has 0 aliphatic carbocycles. The van der Waals surface area contributed by atoms with Crippen LogP contribution in [0.3, 0.4) is 0 Å². The van der Waals surface area contributed by atoms with E-state index in [2.05, 4.69) is 10.1 Å². The van der Waals surface area contributed by atoms with E-state index >= 15 is 0 Å². The Kier molecular flexibility index (Phi) is 4.13. The monoisotopic (exact) mass is 299 g/mol. The van der Waals surface area contributed by atoms with Crippen molar-refractivity contribution in [3.8, 4) is 0 Å². The molecule has 0 radical (unpaired) electrons. The van der Waals surface area contributed by atoms with Crippen molar-refractivity contribution >= 4 is 23.2 Å². The zero-order valence-electron chi connectivity index (χ0n) is 10.8. The van der Waals surface area contributed by atoms with E-state index in [4.69, 9.17) is 33.5 Å². The van der Waals surface area contributed by atoms with E-state index in [0.29, 0.717) is 28.2 Å². The molecule has 19 heavy (non-hydrogen) atoms. The Bertz CT molecular complexity index is 581. The van der Waals surface area contributed by atoms with Gasteiger partial charge in [0.15, 0.2) is 5.82 Å². The molecular formula is C13H15Cl2N3O. The van der Waals surface area contributed by atoms with E-state index in [1.807, 2.05) is 19.9 Å². The molecule has 4 nitrogen and oxygen atoms in total. The molecule has 0 fully saturated rings. The van der Waals surface area contributed by atoms with Crippen molar-refractivity contribution in [2.45, 2.75) is 32.2 Å². The number of aromatic nitrogens is 2. The summed E-state index contributed by atoms with van der Waals surface area (Å²) in [4.78, 5) is 4.32. The number of hydrogen-bond donors (Lipinski definition) is 1. The second-order valence-electron chi connectivity index (χ2n) is 4.71. The molecule has 1 unspecified atom stereocenters. The van der Waals surface area contributed by atoms with E-state index < -0.39 is 5.54 Å². The molecule has 2 N–H and O–H groups in total. The van der Waals surface area contributed by atoms with Gasteiger partial charge < -0.3 is 10.3 Å². The van der Waals surface area contributed by atoms with E-state index in [0.717, 1.165) is 12.0 Å². The highest BCUT2D eigenvalue weighted by molar-refractivity contribution is 6.42. The topological polar surface area (TPSA) is 64.9 Å². The Morgan fingerprint density at radius 3 is 2.68 bits per heavy atom. The summed E-state index contributed by atoms with van der Waals surface area (Å²) in [6.07, 6.45) is 1.24. The molecular weight excluding hydrogens is 285 g/mol. The molecule has 2 rings (SSSR count). The lowest BCUT2D eigenvalue weighted by molar-refractivity contribution is 0.356. The summed E-state index contributed by atoms with van der Waals surface area (Å²) in [6, 6.07) is 5.41. The van der Waals surface area contributed by atoms with Crippen LogP contribution in [0.4, 0.5) is 0 Å². The Labute approximate surface area is 121 Å². The Morgan fingerprint density at radius 2 is 2.05 bits per heavy atom. The number of rotatable bonds is 4. The largest absolute Gasteiger partial charge is 0.339 e. The van der Waals surface area contributed by atoms with Crippen LogP contribution in [0, 0.1) is 0 Å². The van der Waals surface area contributed by atoms with Crippen LogP contribution >= 0.6 is 23.2 Å². The van der Waals surface area contributed by atoms with Gasteiger partial charge in [0, 0.05) is 0 Å². The van der Waals surface area contributed by atoms with Crippen LogP contribution in [0.2, 0.25) is 10.0 Å². The van der Waals surface area contributed by atoms with Gasteiger partial charge in [-0.25, -0.2) is 0 Å². The van der Waals surface area contributed by atoms with Gasteiger partial charge in [-0.3, -0.25) is 0 Å². The van der Waals surface area contributed by atoms with Gasteiger partial charge in [0.2, 0.25) is 5.89 Å². The van der Waals surface area contributed by atoms with E-state index in [1.54, 1.807) is 12.1 Å². The molecule has 6 heteroatoms. The summed E-state index contributed by atoms with van der Waals surface area (Å²) in [5, 5.41) is 4.96. The molecule has 2 aromatic rings. The average Bonchev–Trinajstić information content (AvgIpc) is 2.83. The molecule has 0 aliphatic rings. The van der Waals surface area contributed by atoms with Crippen molar-refractivity contribution in [3.63, 3.8) is 0 Å².